The average molecular weight is 313 g/mol. The number of methoxy groups -OCH3 is 1. The Morgan fingerprint density at radius 2 is 2.00 bits per heavy atom. The zero-order valence-electron chi connectivity index (χ0n) is 10.1. The fourth-order valence-corrected chi connectivity index (χ4v) is 1.90. The summed E-state index contributed by atoms with van der Waals surface area (Å²) in [5.74, 6) is -2.33. The van der Waals surface area contributed by atoms with Gasteiger partial charge in [0, 0.05) is 16.5 Å². The molecule has 0 N–H and O–H groups in total. The number of hydrogen-bond acceptors (Lipinski definition) is 4. The van der Waals surface area contributed by atoms with E-state index in [9.17, 15) is 14.4 Å². The molecule has 0 aliphatic heterocycles. The van der Waals surface area contributed by atoms with E-state index in [-0.39, 0.29) is 18.0 Å². The number of benzene rings is 1. The van der Waals surface area contributed by atoms with E-state index in [0.717, 1.165) is 4.47 Å². The van der Waals surface area contributed by atoms with Crippen molar-refractivity contribution in [3.63, 3.8) is 0 Å². The molecule has 0 fully saturated rings. The highest BCUT2D eigenvalue weighted by molar-refractivity contribution is 9.10. The number of esters is 1. The molecular weight excluding hydrogens is 300 g/mol. The van der Waals surface area contributed by atoms with Gasteiger partial charge in [0.25, 0.3) is 0 Å². The van der Waals surface area contributed by atoms with Gasteiger partial charge in [-0.1, -0.05) is 28.1 Å². The highest BCUT2D eigenvalue weighted by atomic mass is 79.9. The van der Waals surface area contributed by atoms with Gasteiger partial charge in [-0.05, 0) is 19.1 Å². The lowest BCUT2D eigenvalue weighted by molar-refractivity contribution is -0.148. The van der Waals surface area contributed by atoms with Crippen molar-refractivity contribution >= 4 is 33.5 Å². The van der Waals surface area contributed by atoms with Crippen LogP contribution in [0.3, 0.4) is 0 Å². The van der Waals surface area contributed by atoms with Gasteiger partial charge in [0.05, 0.1) is 7.11 Å². The molecule has 0 saturated heterocycles. The van der Waals surface area contributed by atoms with Crippen molar-refractivity contribution in [2.75, 3.05) is 7.11 Å². The number of Topliss-reactive ketones (excluding diaryl/α,β-unsaturated/α-hetero) is 2. The van der Waals surface area contributed by atoms with E-state index in [1.807, 2.05) is 0 Å². The number of hydrogen-bond donors (Lipinski definition) is 0. The number of carbonyl (C=O) groups is 3. The first kappa shape index (κ1) is 14.6. The molecule has 0 heterocycles. The van der Waals surface area contributed by atoms with Crippen molar-refractivity contribution in [3.05, 3.63) is 34.3 Å². The van der Waals surface area contributed by atoms with E-state index in [1.54, 1.807) is 24.3 Å². The lowest BCUT2D eigenvalue weighted by atomic mass is 9.95. The zero-order chi connectivity index (χ0) is 13.7. The minimum absolute atomic E-state index is 0.168. The summed E-state index contributed by atoms with van der Waals surface area (Å²) in [4.78, 5) is 34.6. The summed E-state index contributed by atoms with van der Waals surface area (Å²) in [6.07, 6.45) is -0.168. The third kappa shape index (κ3) is 3.77. The summed E-state index contributed by atoms with van der Waals surface area (Å²) in [5, 5.41) is 0. The second kappa shape index (κ2) is 6.44. The smallest absolute Gasteiger partial charge is 0.316 e. The van der Waals surface area contributed by atoms with Gasteiger partial charge < -0.3 is 4.74 Å². The summed E-state index contributed by atoms with van der Waals surface area (Å²) < 4.78 is 5.28. The van der Waals surface area contributed by atoms with Gasteiger partial charge in [-0.3, -0.25) is 14.4 Å². The van der Waals surface area contributed by atoms with E-state index in [2.05, 4.69) is 20.7 Å². The molecule has 1 aromatic carbocycles. The van der Waals surface area contributed by atoms with Crippen molar-refractivity contribution in [3.8, 4) is 0 Å². The van der Waals surface area contributed by atoms with Crippen LogP contribution in [-0.4, -0.2) is 24.6 Å². The lowest BCUT2D eigenvalue weighted by Gasteiger charge is -2.10. The molecule has 5 heteroatoms. The summed E-state index contributed by atoms with van der Waals surface area (Å²) in [6, 6.07) is 6.80. The molecule has 1 rings (SSSR count). The lowest BCUT2D eigenvalue weighted by Crippen LogP contribution is -2.26. The van der Waals surface area contributed by atoms with Crippen molar-refractivity contribution in [1.29, 1.82) is 0 Å². The number of carbonyl (C=O) groups excluding carboxylic acids is 3. The minimum atomic E-state index is -1.03. The first-order valence-electron chi connectivity index (χ1n) is 5.32. The predicted molar refractivity (Wildman–Crippen MR) is 69.3 cm³/mol. The summed E-state index contributed by atoms with van der Waals surface area (Å²) in [7, 11) is 1.20. The maximum Gasteiger partial charge on any atom is 0.316 e. The molecule has 18 heavy (non-hydrogen) atoms. The first-order chi connectivity index (χ1) is 8.45. The highest BCUT2D eigenvalue weighted by Gasteiger charge is 2.27. The maximum absolute atomic E-state index is 12.0. The third-order valence-electron chi connectivity index (χ3n) is 2.51. The van der Waals surface area contributed by atoms with Gasteiger partial charge in [-0.25, -0.2) is 0 Å². The molecule has 4 nitrogen and oxygen atoms in total. The predicted octanol–water partition coefficient (Wildman–Crippen LogP) is 2.40. The molecule has 0 amide bonds. The van der Waals surface area contributed by atoms with Crippen LogP contribution < -0.4 is 0 Å². The van der Waals surface area contributed by atoms with Crippen LogP contribution in [0.1, 0.15) is 23.7 Å². The topological polar surface area (TPSA) is 60.4 Å². The number of rotatable bonds is 5. The van der Waals surface area contributed by atoms with Crippen LogP contribution in [0.4, 0.5) is 0 Å². The molecule has 1 unspecified atom stereocenters. The van der Waals surface area contributed by atoms with Gasteiger partial charge in [0.2, 0.25) is 0 Å². The van der Waals surface area contributed by atoms with Gasteiger partial charge >= 0.3 is 5.97 Å². The summed E-state index contributed by atoms with van der Waals surface area (Å²) >= 11 is 3.26. The van der Waals surface area contributed by atoms with Crippen molar-refractivity contribution in [2.45, 2.75) is 13.3 Å². The van der Waals surface area contributed by atoms with Crippen LogP contribution in [0.25, 0.3) is 0 Å². The number of ketones is 2. The van der Waals surface area contributed by atoms with E-state index in [0.29, 0.717) is 5.56 Å². The zero-order valence-corrected chi connectivity index (χ0v) is 11.7. The molecule has 0 saturated carbocycles. The Balaban J connectivity index is 2.85. The van der Waals surface area contributed by atoms with Crippen LogP contribution in [-0.2, 0) is 14.3 Å². The quantitative estimate of drug-likeness (QED) is 0.476. The SMILES string of the molecule is COC(=O)C(CC(=O)c1cccc(Br)c1)C(C)=O. The normalized spacial score (nSPS) is 11.7. The van der Waals surface area contributed by atoms with Crippen molar-refractivity contribution in [1.82, 2.24) is 0 Å². The van der Waals surface area contributed by atoms with E-state index in [1.165, 1.54) is 14.0 Å². The second-order valence-electron chi connectivity index (χ2n) is 3.82. The van der Waals surface area contributed by atoms with E-state index < -0.39 is 11.9 Å². The van der Waals surface area contributed by atoms with Crippen LogP contribution in [0.5, 0.6) is 0 Å². The number of ether oxygens (including phenoxy) is 1. The Morgan fingerprint density at radius 1 is 1.33 bits per heavy atom. The second-order valence-corrected chi connectivity index (χ2v) is 4.74. The molecule has 0 aliphatic carbocycles. The molecule has 96 valence electrons. The van der Waals surface area contributed by atoms with Gasteiger partial charge in [0.15, 0.2) is 5.78 Å². The Kier molecular flexibility index (Phi) is 5.22. The number of halogens is 1. The maximum atomic E-state index is 12.0. The summed E-state index contributed by atoms with van der Waals surface area (Å²) in [5.41, 5.74) is 0.458. The summed E-state index contributed by atoms with van der Waals surface area (Å²) in [6.45, 7) is 1.27. The molecular formula is C13H13BrO4. The average Bonchev–Trinajstić information content (AvgIpc) is 2.34. The molecule has 1 atom stereocenters. The first-order valence-corrected chi connectivity index (χ1v) is 6.12. The standard InChI is InChI=1S/C13H13BrO4/c1-8(15)11(13(17)18-2)7-12(16)9-4-3-5-10(14)6-9/h3-6,11H,7H2,1-2H3. The fourth-order valence-electron chi connectivity index (χ4n) is 1.50. The fraction of sp³-hybridized carbons (Fsp3) is 0.308. The van der Waals surface area contributed by atoms with E-state index >= 15 is 0 Å². The largest absolute Gasteiger partial charge is 0.468 e. The van der Waals surface area contributed by atoms with Crippen molar-refractivity contribution < 1.29 is 19.1 Å². The third-order valence-corrected chi connectivity index (χ3v) is 3.01. The van der Waals surface area contributed by atoms with Gasteiger partial charge in [-0.2, -0.15) is 0 Å². The Morgan fingerprint density at radius 3 is 2.50 bits per heavy atom. The van der Waals surface area contributed by atoms with Gasteiger partial charge in [0.1, 0.15) is 11.7 Å². The molecule has 0 radical (unpaired) electrons. The minimum Gasteiger partial charge on any atom is -0.468 e. The Bertz CT molecular complexity index is 482. The Hall–Kier alpha value is -1.49. The monoisotopic (exact) mass is 312 g/mol. The molecule has 0 bridgehead atoms. The van der Waals surface area contributed by atoms with Crippen LogP contribution in [0, 0.1) is 5.92 Å². The molecule has 1 aromatic rings. The van der Waals surface area contributed by atoms with E-state index in [4.69, 9.17) is 0 Å². The van der Waals surface area contributed by atoms with Crippen LogP contribution >= 0.6 is 15.9 Å². The molecule has 0 aliphatic rings. The van der Waals surface area contributed by atoms with Gasteiger partial charge in [-0.15, -0.1) is 0 Å². The molecule has 0 aromatic heterocycles. The molecule has 0 spiro atoms. The van der Waals surface area contributed by atoms with Crippen molar-refractivity contribution in [2.24, 2.45) is 5.92 Å². The van der Waals surface area contributed by atoms with Crippen LogP contribution in [0.2, 0.25) is 0 Å². The Labute approximate surface area is 113 Å². The van der Waals surface area contributed by atoms with Crippen LogP contribution in [0.15, 0.2) is 28.7 Å². The highest BCUT2D eigenvalue weighted by Crippen LogP contribution is 2.16.